The molecule has 2 saturated heterocycles. The highest BCUT2D eigenvalue weighted by Crippen LogP contribution is 2.34. The van der Waals surface area contributed by atoms with Gasteiger partial charge in [-0.25, -0.2) is 0 Å². The first-order chi connectivity index (χ1) is 9.20. The van der Waals surface area contributed by atoms with Crippen LogP contribution in [0.25, 0.3) is 0 Å². The predicted molar refractivity (Wildman–Crippen MR) is 73.6 cm³/mol. The predicted octanol–water partition coefficient (Wildman–Crippen LogP) is 1.64. The van der Waals surface area contributed by atoms with Crippen LogP contribution in [0.15, 0.2) is 24.3 Å². The summed E-state index contributed by atoms with van der Waals surface area (Å²) < 4.78 is 5.73. The van der Waals surface area contributed by atoms with Crippen molar-refractivity contribution in [3.63, 3.8) is 0 Å². The molecule has 0 aromatic heterocycles. The van der Waals surface area contributed by atoms with Crippen LogP contribution in [0.3, 0.4) is 0 Å². The molecule has 0 spiro atoms. The standard InChI is InChI=1S/C15H20N2O2/c16-11-4-1-10(2-5-11)3-8-15(18)17-13-9-12-6-7-14(13)19-12/h1-2,4-5,12-14H,3,6-9,16H2,(H,17,18). The van der Waals surface area contributed by atoms with Crippen molar-refractivity contribution in [3.8, 4) is 0 Å². The first-order valence-electron chi connectivity index (χ1n) is 7.00. The van der Waals surface area contributed by atoms with Gasteiger partial charge in [0.15, 0.2) is 0 Å². The average Bonchev–Trinajstić information content (AvgIpc) is 3.00. The topological polar surface area (TPSA) is 64.4 Å². The number of ether oxygens (including phenoxy) is 1. The number of hydrogen-bond donors (Lipinski definition) is 2. The molecule has 2 aliphatic rings. The molecule has 2 aliphatic heterocycles. The minimum absolute atomic E-state index is 0.123. The molecule has 3 N–H and O–H groups in total. The van der Waals surface area contributed by atoms with Gasteiger partial charge in [-0.3, -0.25) is 4.79 Å². The summed E-state index contributed by atoms with van der Waals surface area (Å²) in [4.78, 5) is 11.9. The van der Waals surface area contributed by atoms with Gasteiger partial charge in [0.2, 0.25) is 5.91 Å². The zero-order valence-electron chi connectivity index (χ0n) is 11.0. The lowest BCUT2D eigenvalue weighted by Crippen LogP contribution is -2.41. The van der Waals surface area contributed by atoms with E-state index in [1.54, 1.807) is 0 Å². The number of aryl methyl sites for hydroxylation is 1. The number of carbonyl (C=O) groups excluding carboxylic acids is 1. The molecule has 0 radical (unpaired) electrons. The van der Waals surface area contributed by atoms with Gasteiger partial charge in [0.05, 0.1) is 18.2 Å². The second-order valence-electron chi connectivity index (χ2n) is 5.53. The molecule has 3 unspecified atom stereocenters. The number of nitrogen functional groups attached to an aromatic ring is 1. The van der Waals surface area contributed by atoms with Crippen molar-refractivity contribution in [2.75, 3.05) is 5.73 Å². The highest BCUT2D eigenvalue weighted by molar-refractivity contribution is 5.76. The van der Waals surface area contributed by atoms with E-state index >= 15 is 0 Å². The Morgan fingerprint density at radius 3 is 2.74 bits per heavy atom. The number of amides is 1. The largest absolute Gasteiger partial charge is 0.399 e. The summed E-state index contributed by atoms with van der Waals surface area (Å²) in [5, 5.41) is 3.10. The molecule has 2 bridgehead atoms. The van der Waals surface area contributed by atoms with Gasteiger partial charge in [0.1, 0.15) is 0 Å². The van der Waals surface area contributed by atoms with Crippen LogP contribution in [0, 0.1) is 0 Å². The van der Waals surface area contributed by atoms with Crippen molar-refractivity contribution in [1.29, 1.82) is 0 Å². The Morgan fingerprint density at radius 2 is 2.11 bits per heavy atom. The highest BCUT2D eigenvalue weighted by Gasteiger charge is 2.41. The normalized spacial score (nSPS) is 28.5. The second kappa shape index (κ2) is 5.21. The minimum atomic E-state index is 0.123. The fraction of sp³-hybridized carbons (Fsp3) is 0.533. The van der Waals surface area contributed by atoms with Gasteiger partial charge in [-0.15, -0.1) is 0 Å². The Morgan fingerprint density at radius 1 is 1.32 bits per heavy atom. The molecule has 3 rings (SSSR count). The zero-order chi connectivity index (χ0) is 13.2. The van der Waals surface area contributed by atoms with Crippen LogP contribution in [0.1, 0.15) is 31.2 Å². The van der Waals surface area contributed by atoms with E-state index in [1.807, 2.05) is 24.3 Å². The van der Waals surface area contributed by atoms with Gasteiger partial charge >= 0.3 is 0 Å². The molecule has 4 nitrogen and oxygen atoms in total. The maximum Gasteiger partial charge on any atom is 0.220 e. The Labute approximate surface area is 113 Å². The van der Waals surface area contributed by atoms with Crippen LogP contribution >= 0.6 is 0 Å². The van der Waals surface area contributed by atoms with E-state index < -0.39 is 0 Å². The fourth-order valence-electron chi connectivity index (χ4n) is 3.01. The van der Waals surface area contributed by atoms with Crippen LogP contribution in [0.2, 0.25) is 0 Å². The lowest BCUT2D eigenvalue weighted by atomic mass is 9.95. The molecule has 102 valence electrons. The summed E-state index contributed by atoms with van der Waals surface area (Å²) in [7, 11) is 0. The molecular weight excluding hydrogens is 240 g/mol. The number of nitrogens with two attached hydrogens (primary N) is 1. The summed E-state index contributed by atoms with van der Waals surface area (Å²) in [5.41, 5.74) is 7.54. The summed E-state index contributed by atoms with van der Waals surface area (Å²) in [6.45, 7) is 0. The molecule has 19 heavy (non-hydrogen) atoms. The molecule has 1 aromatic rings. The van der Waals surface area contributed by atoms with Gasteiger partial charge in [-0.05, 0) is 43.4 Å². The molecule has 2 heterocycles. The number of rotatable bonds is 4. The van der Waals surface area contributed by atoms with Crippen molar-refractivity contribution in [1.82, 2.24) is 5.32 Å². The smallest absolute Gasteiger partial charge is 0.220 e. The van der Waals surface area contributed by atoms with E-state index in [4.69, 9.17) is 10.5 Å². The van der Waals surface area contributed by atoms with E-state index in [0.29, 0.717) is 12.5 Å². The summed E-state index contributed by atoms with van der Waals surface area (Å²) in [6.07, 6.45) is 5.15. The van der Waals surface area contributed by atoms with E-state index in [-0.39, 0.29) is 18.1 Å². The molecule has 0 aliphatic carbocycles. The number of benzene rings is 1. The van der Waals surface area contributed by atoms with Crippen molar-refractivity contribution in [2.24, 2.45) is 0 Å². The number of fused-ring (bicyclic) bond motifs is 2. The Hall–Kier alpha value is -1.55. The first kappa shape index (κ1) is 12.5. The van der Waals surface area contributed by atoms with Crippen molar-refractivity contribution < 1.29 is 9.53 Å². The van der Waals surface area contributed by atoms with E-state index in [2.05, 4.69) is 5.32 Å². The molecule has 1 amide bonds. The first-order valence-corrected chi connectivity index (χ1v) is 7.00. The summed E-state index contributed by atoms with van der Waals surface area (Å²) in [6, 6.07) is 7.93. The highest BCUT2D eigenvalue weighted by atomic mass is 16.5. The quantitative estimate of drug-likeness (QED) is 0.809. The molecule has 0 saturated carbocycles. The molecule has 1 aromatic carbocycles. The zero-order valence-corrected chi connectivity index (χ0v) is 11.0. The van der Waals surface area contributed by atoms with Gasteiger partial charge in [-0.2, -0.15) is 0 Å². The number of carbonyl (C=O) groups is 1. The monoisotopic (exact) mass is 260 g/mol. The maximum atomic E-state index is 11.9. The summed E-state index contributed by atoms with van der Waals surface area (Å²) in [5.74, 6) is 0.123. The van der Waals surface area contributed by atoms with Gasteiger partial charge in [0, 0.05) is 12.1 Å². The molecular formula is C15H20N2O2. The second-order valence-corrected chi connectivity index (χ2v) is 5.53. The van der Waals surface area contributed by atoms with Crippen LogP contribution in [0.5, 0.6) is 0 Å². The van der Waals surface area contributed by atoms with Gasteiger partial charge in [-0.1, -0.05) is 12.1 Å². The van der Waals surface area contributed by atoms with Crippen LogP contribution in [-0.4, -0.2) is 24.2 Å². The third-order valence-electron chi connectivity index (χ3n) is 4.07. The maximum absolute atomic E-state index is 11.9. The Bertz CT molecular complexity index is 458. The summed E-state index contributed by atoms with van der Waals surface area (Å²) >= 11 is 0. The van der Waals surface area contributed by atoms with Crippen molar-refractivity contribution in [2.45, 2.75) is 50.4 Å². The average molecular weight is 260 g/mol. The number of hydrogen-bond acceptors (Lipinski definition) is 3. The van der Waals surface area contributed by atoms with E-state index in [9.17, 15) is 4.79 Å². The number of nitrogens with one attached hydrogen (secondary N) is 1. The van der Waals surface area contributed by atoms with Crippen molar-refractivity contribution >= 4 is 11.6 Å². The fourth-order valence-corrected chi connectivity index (χ4v) is 3.01. The van der Waals surface area contributed by atoms with Crippen LogP contribution < -0.4 is 11.1 Å². The Kier molecular flexibility index (Phi) is 3.42. The molecule has 3 atom stereocenters. The van der Waals surface area contributed by atoms with E-state index in [0.717, 1.165) is 36.9 Å². The van der Waals surface area contributed by atoms with E-state index in [1.165, 1.54) is 0 Å². The molecule has 2 fully saturated rings. The van der Waals surface area contributed by atoms with Crippen molar-refractivity contribution in [3.05, 3.63) is 29.8 Å². The van der Waals surface area contributed by atoms with Crippen LogP contribution in [-0.2, 0) is 16.0 Å². The lowest BCUT2D eigenvalue weighted by molar-refractivity contribution is -0.122. The third kappa shape index (κ3) is 2.89. The minimum Gasteiger partial charge on any atom is -0.399 e. The van der Waals surface area contributed by atoms with Crippen LogP contribution in [0.4, 0.5) is 5.69 Å². The molecule has 4 heteroatoms. The SMILES string of the molecule is Nc1ccc(CCC(=O)NC2CC3CCC2O3)cc1. The Balaban J connectivity index is 1.45. The lowest BCUT2D eigenvalue weighted by Gasteiger charge is -2.19. The van der Waals surface area contributed by atoms with Gasteiger partial charge < -0.3 is 15.8 Å². The van der Waals surface area contributed by atoms with Gasteiger partial charge in [0.25, 0.3) is 0 Å². The third-order valence-corrected chi connectivity index (χ3v) is 4.07. The number of anilines is 1.